The number of rotatable bonds is 1. The number of aryl methyl sites for hydroxylation is 3. The van der Waals surface area contributed by atoms with E-state index < -0.39 is 7.25 Å². The number of nitrogens with one attached hydrogen (secondary N) is 1. The number of fused-ring (bicyclic) bond motifs is 1. The summed E-state index contributed by atoms with van der Waals surface area (Å²) >= 11 is 0. The van der Waals surface area contributed by atoms with Gasteiger partial charge in [0.05, 0.1) is 18.7 Å². The summed E-state index contributed by atoms with van der Waals surface area (Å²) in [5, 5.41) is 5.84. The number of hydrogen-bond acceptors (Lipinski definition) is 2. The van der Waals surface area contributed by atoms with Crippen LogP contribution in [0.2, 0.25) is 0 Å². The topological polar surface area (TPSA) is 20.5 Å². The summed E-state index contributed by atoms with van der Waals surface area (Å²) in [7, 11) is -6.00. The second-order valence-corrected chi connectivity index (χ2v) is 5.74. The summed E-state index contributed by atoms with van der Waals surface area (Å²) in [5.74, 6) is 1.39. The van der Waals surface area contributed by atoms with Crippen LogP contribution in [0.1, 0.15) is 29.5 Å². The van der Waals surface area contributed by atoms with E-state index in [4.69, 9.17) is 0 Å². The first-order valence-electron chi connectivity index (χ1n) is 7.25. The Hall–Kier alpha value is -1.73. The maximum absolute atomic E-state index is 9.75. The molecule has 0 radical (unpaired) electrons. The quantitative estimate of drug-likeness (QED) is 0.633. The Kier molecular flexibility index (Phi) is 4.67. The molecule has 0 bridgehead atoms. The molecule has 0 amide bonds. The molecule has 1 aromatic rings. The first-order chi connectivity index (χ1) is 10.1. The van der Waals surface area contributed by atoms with Crippen LogP contribution in [0, 0.1) is 20.8 Å². The Labute approximate surface area is 127 Å². The zero-order valence-corrected chi connectivity index (χ0v) is 13.0. The van der Waals surface area contributed by atoms with Gasteiger partial charge in [-0.25, -0.2) is 4.90 Å². The van der Waals surface area contributed by atoms with Crippen LogP contribution in [0.5, 0.6) is 0 Å². The van der Waals surface area contributed by atoms with Crippen LogP contribution in [-0.4, -0.2) is 31.2 Å². The second kappa shape index (κ2) is 6.18. The maximum Gasteiger partial charge on any atom is 0.673 e. The minimum absolute atomic E-state index is 0.986. The molecule has 0 aliphatic carbocycles. The maximum atomic E-state index is 9.75. The molecule has 2 heterocycles. The minimum atomic E-state index is -6.00. The molecule has 2 aliphatic rings. The predicted octanol–water partition coefficient (Wildman–Crippen LogP) is 2.18. The van der Waals surface area contributed by atoms with Gasteiger partial charge >= 0.3 is 7.25 Å². The number of benzene rings is 1. The Morgan fingerprint density at radius 1 is 1.05 bits per heavy atom. The number of nitrogens with zero attached hydrogens (tertiary/aromatic N) is 2. The van der Waals surface area contributed by atoms with Crippen molar-refractivity contribution in [3.05, 3.63) is 28.8 Å². The van der Waals surface area contributed by atoms with E-state index in [1.807, 2.05) is 0 Å². The molecule has 1 saturated heterocycles. The van der Waals surface area contributed by atoms with Crippen LogP contribution in [-0.2, 0) is 0 Å². The molecule has 0 atom stereocenters. The summed E-state index contributed by atoms with van der Waals surface area (Å²) in [6, 6.07) is 4.52. The normalized spacial score (nSPS) is 17.1. The van der Waals surface area contributed by atoms with E-state index in [1.54, 1.807) is 0 Å². The molecule has 122 valence electrons. The van der Waals surface area contributed by atoms with Crippen molar-refractivity contribution in [2.75, 3.05) is 18.2 Å². The highest BCUT2D eigenvalue weighted by atomic mass is 19.5. The fraction of sp³-hybridized carbons (Fsp3) is 0.500. The van der Waals surface area contributed by atoms with Crippen molar-refractivity contribution in [2.24, 2.45) is 0 Å². The summed E-state index contributed by atoms with van der Waals surface area (Å²) in [5.41, 5.74) is 5.40. The largest absolute Gasteiger partial charge is 0.673 e. The van der Waals surface area contributed by atoms with Crippen molar-refractivity contribution >= 4 is 18.8 Å². The van der Waals surface area contributed by atoms with E-state index in [9.17, 15) is 17.3 Å². The van der Waals surface area contributed by atoms with Crippen molar-refractivity contribution < 1.29 is 22.4 Å². The zero-order chi connectivity index (χ0) is 16.5. The Bertz CT molecular complexity index is 557. The average Bonchev–Trinajstić information content (AvgIpc) is 2.85. The van der Waals surface area contributed by atoms with Crippen LogP contribution < -0.4 is 10.1 Å². The van der Waals surface area contributed by atoms with Crippen molar-refractivity contribution in [1.82, 2.24) is 4.90 Å². The first-order valence-corrected chi connectivity index (χ1v) is 7.25. The fourth-order valence-corrected chi connectivity index (χ4v) is 3.10. The number of halogens is 4. The molecule has 0 saturated carbocycles. The number of hydrazine groups is 1. The molecule has 22 heavy (non-hydrogen) atoms. The van der Waals surface area contributed by atoms with Crippen molar-refractivity contribution in [2.45, 2.75) is 33.6 Å². The van der Waals surface area contributed by atoms with Crippen LogP contribution in [0.3, 0.4) is 0 Å². The Morgan fingerprint density at radius 2 is 1.59 bits per heavy atom. The summed E-state index contributed by atoms with van der Waals surface area (Å²) in [6.07, 6.45) is 2.49. The van der Waals surface area contributed by atoms with Gasteiger partial charge in [-0.2, -0.15) is 10.1 Å². The van der Waals surface area contributed by atoms with E-state index in [0.717, 1.165) is 6.67 Å². The number of amidine groups is 1. The average molecular weight is 317 g/mol. The molecular weight excluding hydrogens is 297 g/mol. The lowest BCUT2D eigenvalue weighted by atomic mass is 10.1. The van der Waals surface area contributed by atoms with Gasteiger partial charge in [0.1, 0.15) is 0 Å². The minimum Gasteiger partial charge on any atom is -0.418 e. The summed E-state index contributed by atoms with van der Waals surface area (Å²) in [6.45, 7) is 8.74. The van der Waals surface area contributed by atoms with E-state index in [-0.39, 0.29) is 0 Å². The third-order valence-corrected chi connectivity index (χ3v) is 3.70. The third kappa shape index (κ3) is 4.14. The van der Waals surface area contributed by atoms with Gasteiger partial charge in [0.25, 0.3) is 5.84 Å². The number of anilines is 1. The molecule has 3 rings (SSSR count). The SMILES string of the molecule is Cc1cc(C)c(N2CN3CCCC3=[NH+]2)c(C)c1.F[B-](F)(F)F. The monoisotopic (exact) mass is 317 g/mol. The van der Waals surface area contributed by atoms with E-state index in [0.29, 0.717) is 0 Å². The van der Waals surface area contributed by atoms with Gasteiger partial charge < -0.3 is 17.3 Å². The molecule has 0 spiro atoms. The number of hydrazone groups is 1. The second-order valence-electron chi connectivity index (χ2n) is 5.74. The highest BCUT2D eigenvalue weighted by molar-refractivity contribution is 6.50. The summed E-state index contributed by atoms with van der Waals surface area (Å²) < 4.78 is 39.0. The molecule has 1 aromatic carbocycles. The Morgan fingerprint density at radius 3 is 2.09 bits per heavy atom. The lowest BCUT2D eigenvalue weighted by Gasteiger charge is -2.17. The molecule has 3 nitrogen and oxygen atoms in total. The molecule has 8 heteroatoms. The smallest absolute Gasteiger partial charge is 0.418 e. The fourth-order valence-electron chi connectivity index (χ4n) is 3.10. The molecule has 0 unspecified atom stereocenters. The van der Waals surface area contributed by atoms with Crippen LogP contribution >= 0.6 is 0 Å². The molecule has 0 aromatic heterocycles. The molecular formula is C14H20BF4N3. The van der Waals surface area contributed by atoms with Crippen LogP contribution in [0.25, 0.3) is 0 Å². The van der Waals surface area contributed by atoms with Crippen LogP contribution in [0.4, 0.5) is 23.0 Å². The first kappa shape index (κ1) is 16.6. The lowest BCUT2D eigenvalue weighted by molar-refractivity contribution is -0.464. The highest BCUT2D eigenvalue weighted by Crippen LogP contribution is 2.25. The van der Waals surface area contributed by atoms with Gasteiger partial charge in [-0.15, -0.1) is 0 Å². The number of hydrogen-bond donors (Lipinski definition) is 1. The van der Waals surface area contributed by atoms with E-state index in [2.05, 4.69) is 47.9 Å². The van der Waals surface area contributed by atoms with Crippen LogP contribution in [0.15, 0.2) is 12.1 Å². The third-order valence-electron chi connectivity index (χ3n) is 3.70. The van der Waals surface area contributed by atoms with Gasteiger partial charge in [-0.05, 0) is 38.3 Å². The van der Waals surface area contributed by atoms with Gasteiger partial charge in [0.2, 0.25) is 0 Å². The lowest BCUT2D eigenvalue weighted by Crippen LogP contribution is -2.81. The van der Waals surface area contributed by atoms with Crippen molar-refractivity contribution in [1.29, 1.82) is 0 Å². The van der Waals surface area contributed by atoms with E-state index >= 15 is 0 Å². The summed E-state index contributed by atoms with van der Waals surface area (Å²) in [4.78, 5) is 2.44. The Balaban J connectivity index is 0.000000309. The molecule has 1 N–H and O–H groups in total. The highest BCUT2D eigenvalue weighted by Gasteiger charge is 2.35. The van der Waals surface area contributed by atoms with Gasteiger partial charge in [0, 0.05) is 0 Å². The van der Waals surface area contributed by atoms with E-state index in [1.165, 1.54) is 47.6 Å². The molecule has 1 fully saturated rings. The standard InChI is InChI=1S/C14H19N3.BF4/c1-10-7-11(2)14(12(3)8-10)17-9-16-6-4-5-13(16)15-17;2-1(3,4)5/h7-8H,4-6,9H2,1-3H3;/q;-1/p+1. The van der Waals surface area contributed by atoms with Crippen molar-refractivity contribution in [3.63, 3.8) is 0 Å². The van der Waals surface area contributed by atoms with Gasteiger partial charge in [-0.1, -0.05) is 17.7 Å². The molecule has 2 aliphatic heterocycles. The van der Waals surface area contributed by atoms with Crippen molar-refractivity contribution in [3.8, 4) is 0 Å². The van der Waals surface area contributed by atoms with Gasteiger partial charge in [-0.3, -0.25) is 0 Å². The predicted molar refractivity (Wildman–Crippen MR) is 80.1 cm³/mol. The van der Waals surface area contributed by atoms with Gasteiger partial charge in [0.15, 0.2) is 6.67 Å². The zero-order valence-electron chi connectivity index (χ0n) is 13.0.